The molecular weight excluding hydrogens is 358 g/mol. The zero-order chi connectivity index (χ0) is 19.4. The van der Waals surface area contributed by atoms with Gasteiger partial charge in [0.1, 0.15) is 0 Å². The van der Waals surface area contributed by atoms with Crippen molar-refractivity contribution in [3.63, 3.8) is 0 Å². The predicted molar refractivity (Wildman–Crippen MR) is 111 cm³/mol. The molecule has 1 amide bonds. The number of rotatable bonds is 6. The number of benzene rings is 2. The average Bonchev–Trinajstić information content (AvgIpc) is 2.69. The second-order valence-corrected chi connectivity index (χ2v) is 6.75. The third kappa shape index (κ3) is 4.01. The zero-order valence-corrected chi connectivity index (χ0v) is 16.4. The highest BCUT2D eigenvalue weighted by Gasteiger charge is 2.14. The van der Waals surface area contributed by atoms with Crippen LogP contribution in [0.3, 0.4) is 0 Å². The summed E-state index contributed by atoms with van der Waals surface area (Å²) in [6.07, 6.45) is 0.724. The van der Waals surface area contributed by atoms with Crippen LogP contribution in [0.4, 0.5) is 0 Å². The number of amides is 1. The first-order chi connectivity index (χ1) is 13.0. The lowest BCUT2D eigenvalue weighted by Crippen LogP contribution is -2.30. The first kappa shape index (κ1) is 19.0. The van der Waals surface area contributed by atoms with E-state index >= 15 is 0 Å². The van der Waals surface area contributed by atoms with Crippen molar-refractivity contribution in [1.82, 2.24) is 14.5 Å². The molecule has 3 rings (SSSR count). The fourth-order valence-electron chi connectivity index (χ4n) is 3.17. The smallest absolute Gasteiger partial charge is 0.262 e. The Labute approximate surface area is 163 Å². The van der Waals surface area contributed by atoms with Crippen LogP contribution in [0.5, 0.6) is 0 Å². The van der Waals surface area contributed by atoms with E-state index in [0.29, 0.717) is 40.9 Å². The molecule has 140 valence electrons. The van der Waals surface area contributed by atoms with Gasteiger partial charge < -0.3 is 9.88 Å². The lowest BCUT2D eigenvalue weighted by molar-refractivity contribution is 0.0773. The molecule has 1 heterocycles. The van der Waals surface area contributed by atoms with Gasteiger partial charge in [0.15, 0.2) is 4.77 Å². The SMILES string of the molecule is CCN(CC)C(=O)c1ccc2c(=O)n(CCc3ccccc3)c(=S)[nH]c2c1. The summed E-state index contributed by atoms with van der Waals surface area (Å²) in [5.41, 5.74) is 2.17. The summed E-state index contributed by atoms with van der Waals surface area (Å²) in [5, 5.41) is 0.535. The molecule has 6 heteroatoms. The Bertz CT molecular complexity index is 1070. The van der Waals surface area contributed by atoms with Crippen LogP contribution in [-0.4, -0.2) is 33.4 Å². The van der Waals surface area contributed by atoms with Crippen LogP contribution >= 0.6 is 12.2 Å². The number of H-pyrrole nitrogens is 1. The fourth-order valence-corrected chi connectivity index (χ4v) is 3.45. The van der Waals surface area contributed by atoms with Crippen LogP contribution in [0, 0.1) is 4.77 Å². The molecule has 0 bridgehead atoms. The topological polar surface area (TPSA) is 58.1 Å². The Kier molecular flexibility index (Phi) is 5.86. The molecule has 0 spiro atoms. The minimum atomic E-state index is -0.133. The van der Waals surface area contributed by atoms with Gasteiger partial charge in [-0.15, -0.1) is 0 Å². The summed E-state index contributed by atoms with van der Waals surface area (Å²) < 4.78 is 1.95. The number of aromatic nitrogens is 2. The number of carbonyl (C=O) groups is 1. The Balaban J connectivity index is 1.95. The summed E-state index contributed by atoms with van der Waals surface area (Å²) in [6.45, 7) is 5.69. The largest absolute Gasteiger partial charge is 0.339 e. The number of fused-ring (bicyclic) bond motifs is 1. The molecule has 0 saturated carbocycles. The van der Waals surface area contributed by atoms with Gasteiger partial charge in [0.2, 0.25) is 0 Å². The van der Waals surface area contributed by atoms with Crippen molar-refractivity contribution in [2.24, 2.45) is 0 Å². The summed E-state index contributed by atoms with van der Waals surface area (Å²) >= 11 is 5.40. The summed E-state index contributed by atoms with van der Waals surface area (Å²) in [7, 11) is 0. The van der Waals surface area contributed by atoms with Gasteiger partial charge in [-0.05, 0) is 56.2 Å². The predicted octanol–water partition coefficient (Wildman–Crippen LogP) is 3.78. The Hall–Kier alpha value is -2.73. The van der Waals surface area contributed by atoms with E-state index in [4.69, 9.17) is 12.2 Å². The number of nitrogens with one attached hydrogen (secondary N) is 1. The van der Waals surface area contributed by atoms with E-state index in [1.54, 1.807) is 27.7 Å². The first-order valence-electron chi connectivity index (χ1n) is 9.15. The maximum atomic E-state index is 12.9. The molecule has 3 aromatic rings. The molecule has 1 N–H and O–H groups in total. The van der Waals surface area contributed by atoms with Crippen LogP contribution in [0.15, 0.2) is 53.3 Å². The third-order valence-electron chi connectivity index (χ3n) is 4.75. The highest BCUT2D eigenvalue weighted by atomic mass is 32.1. The van der Waals surface area contributed by atoms with Gasteiger partial charge >= 0.3 is 0 Å². The van der Waals surface area contributed by atoms with Gasteiger partial charge in [0.25, 0.3) is 11.5 Å². The van der Waals surface area contributed by atoms with Crippen LogP contribution in [0.2, 0.25) is 0 Å². The Morgan fingerprint density at radius 3 is 2.48 bits per heavy atom. The van der Waals surface area contributed by atoms with Gasteiger partial charge in [0.05, 0.1) is 10.9 Å². The maximum Gasteiger partial charge on any atom is 0.262 e. The monoisotopic (exact) mass is 381 g/mol. The minimum Gasteiger partial charge on any atom is -0.339 e. The van der Waals surface area contributed by atoms with E-state index < -0.39 is 0 Å². The molecule has 5 nitrogen and oxygen atoms in total. The Morgan fingerprint density at radius 2 is 1.81 bits per heavy atom. The van der Waals surface area contributed by atoms with Gasteiger partial charge in [-0.3, -0.25) is 14.2 Å². The van der Waals surface area contributed by atoms with E-state index in [0.717, 1.165) is 12.0 Å². The van der Waals surface area contributed by atoms with Crippen molar-refractivity contribution in [2.45, 2.75) is 26.8 Å². The lowest BCUT2D eigenvalue weighted by atomic mass is 10.1. The first-order valence-corrected chi connectivity index (χ1v) is 9.56. The second kappa shape index (κ2) is 8.31. The number of nitrogens with zero attached hydrogens (tertiary/aromatic N) is 2. The minimum absolute atomic E-state index is 0.0468. The number of hydrogen-bond donors (Lipinski definition) is 1. The molecule has 0 aliphatic rings. The van der Waals surface area contributed by atoms with E-state index in [1.807, 2.05) is 44.2 Å². The standard InChI is InChI=1S/C21H23N3O2S/c1-3-23(4-2)19(25)16-10-11-17-18(14-16)22-21(27)24(20(17)26)13-12-15-8-6-5-7-9-15/h5-11,14H,3-4,12-13H2,1-2H3,(H,22,27). The van der Waals surface area contributed by atoms with Gasteiger partial charge in [-0.2, -0.15) is 0 Å². The second-order valence-electron chi connectivity index (χ2n) is 6.36. The summed E-state index contributed by atoms with van der Waals surface area (Å²) in [5.74, 6) is -0.0468. The number of hydrogen-bond acceptors (Lipinski definition) is 3. The van der Waals surface area contributed by atoms with Crippen molar-refractivity contribution in [3.8, 4) is 0 Å². The summed E-state index contributed by atoms with van der Waals surface area (Å²) in [6, 6.07) is 15.1. The third-order valence-corrected chi connectivity index (χ3v) is 5.07. The molecule has 2 aromatic carbocycles. The van der Waals surface area contributed by atoms with Crippen LogP contribution in [-0.2, 0) is 13.0 Å². The molecule has 0 radical (unpaired) electrons. The van der Waals surface area contributed by atoms with Crippen molar-refractivity contribution in [2.75, 3.05) is 13.1 Å². The van der Waals surface area contributed by atoms with E-state index in [9.17, 15) is 9.59 Å². The van der Waals surface area contributed by atoms with E-state index in [1.165, 1.54) is 0 Å². The average molecular weight is 382 g/mol. The maximum absolute atomic E-state index is 12.9. The van der Waals surface area contributed by atoms with Crippen LogP contribution in [0.1, 0.15) is 29.8 Å². The number of aryl methyl sites for hydroxylation is 1. The van der Waals surface area contributed by atoms with Crippen LogP contribution in [0.25, 0.3) is 10.9 Å². The van der Waals surface area contributed by atoms with Crippen molar-refractivity contribution in [3.05, 3.63) is 74.8 Å². The summed E-state index contributed by atoms with van der Waals surface area (Å²) in [4.78, 5) is 30.3. The fraction of sp³-hybridized carbons (Fsp3) is 0.286. The van der Waals surface area contributed by atoms with Gasteiger partial charge in [0, 0.05) is 25.2 Å². The molecular formula is C21H23N3O2S. The molecule has 1 aromatic heterocycles. The molecule has 0 unspecified atom stereocenters. The van der Waals surface area contributed by atoms with Crippen molar-refractivity contribution in [1.29, 1.82) is 0 Å². The Morgan fingerprint density at radius 1 is 1.11 bits per heavy atom. The molecule has 0 atom stereocenters. The molecule has 0 saturated heterocycles. The zero-order valence-electron chi connectivity index (χ0n) is 15.6. The number of aromatic amines is 1. The molecule has 27 heavy (non-hydrogen) atoms. The van der Waals surface area contributed by atoms with Crippen molar-refractivity contribution >= 4 is 29.0 Å². The highest BCUT2D eigenvalue weighted by molar-refractivity contribution is 7.71. The quantitative estimate of drug-likeness (QED) is 0.661. The molecule has 0 aliphatic heterocycles. The highest BCUT2D eigenvalue weighted by Crippen LogP contribution is 2.13. The van der Waals surface area contributed by atoms with Crippen molar-refractivity contribution < 1.29 is 4.79 Å². The van der Waals surface area contributed by atoms with E-state index in [2.05, 4.69) is 4.98 Å². The van der Waals surface area contributed by atoms with E-state index in [-0.39, 0.29) is 11.5 Å². The lowest BCUT2D eigenvalue weighted by Gasteiger charge is -2.18. The molecule has 0 aliphatic carbocycles. The molecule has 0 fully saturated rings. The van der Waals surface area contributed by atoms with Gasteiger partial charge in [-0.25, -0.2) is 0 Å². The van der Waals surface area contributed by atoms with Crippen LogP contribution < -0.4 is 5.56 Å². The normalized spacial score (nSPS) is 10.9. The number of carbonyl (C=O) groups excluding carboxylic acids is 1. The van der Waals surface area contributed by atoms with Gasteiger partial charge in [-0.1, -0.05) is 30.3 Å².